The summed E-state index contributed by atoms with van der Waals surface area (Å²) in [5.41, 5.74) is 1.84. The van der Waals surface area contributed by atoms with Gasteiger partial charge in [0.1, 0.15) is 0 Å². The van der Waals surface area contributed by atoms with Crippen molar-refractivity contribution in [3.05, 3.63) is 47.5 Å². The van der Waals surface area contributed by atoms with Gasteiger partial charge in [-0.25, -0.2) is 4.57 Å². The number of aromatic hydroxyl groups is 2. The van der Waals surface area contributed by atoms with Crippen LogP contribution in [0.1, 0.15) is 25.0 Å². The number of phenolic OH excluding ortho intramolecular Hbond substituents is 2. The Kier molecular flexibility index (Phi) is 6.76. The highest BCUT2D eigenvalue weighted by Crippen LogP contribution is 2.42. The number of benzene rings is 2. The van der Waals surface area contributed by atoms with Gasteiger partial charge in [0.2, 0.25) is 0 Å². The minimum atomic E-state index is -4.71. The molecule has 0 heterocycles. The Labute approximate surface area is 158 Å². The molecule has 27 heavy (non-hydrogen) atoms. The number of phenols is 2. The Hall–Kier alpha value is -2.21. The van der Waals surface area contributed by atoms with Crippen LogP contribution in [0.15, 0.2) is 36.4 Å². The van der Waals surface area contributed by atoms with Crippen molar-refractivity contribution >= 4 is 7.82 Å². The second-order valence-electron chi connectivity index (χ2n) is 6.75. The van der Waals surface area contributed by atoms with Crippen LogP contribution in [0.4, 0.5) is 0 Å². The molecule has 0 spiro atoms. The van der Waals surface area contributed by atoms with E-state index in [1.165, 1.54) is 19.2 Å². The molecular weight excluding hydrogens is 371 g/mol. The molecule has 148 valence electrons. The molecule has 0 saturated carbocycles. The maximum atomic E-state index is 10.9. The summed E-state index contributed by atoms with van der Waals surface area (Å²) >= 11 is 0. The molecule has 0 aliphatic carbocycles. The Morgan fingerprint density at radius 2 is 1.33 bits per heavy atom. The number of hydrogen-bond donors (Lipinski definition) is 4. The lowest BCUT2D eigenvalue weighted by molar-refractivity contribution is 0.277. The van der Waals surface area contributed by atoms with Gasteiger partial charge >= 0.3 is 7.82 Å². The average Bonchev–Trinajstić information content (AvgIpc) is 2.56. The molecule has 0 aliphatic rings. The third-order valence-corrected chi connectivity index (χ3v) is 5.01. The van der Waals surface area contributed by atoms with Gasteiger partial charge in [0.15, 0.2) is 23.0 Å². The summed E-state index contributed by atoms with van der Waals surface area (Å²) in [5, 5.41) is 19.8. The third-order valence-electron chi connectivity index (χ3n) is 4.57. The van der Waals surface area contributed by atoms with Crippen molar-refractivity contribution in [2.45, 2.75) is 26.7 Å². The number of rotatable bonds is 8. The first kappa shape index (κ1) is 21.1. The van der Waals surface area contributed by atoms with Crippen LogP contribution in [0.3, 0.4) is 0 Å². The van der Waals surface area contributed by atoms with Crippen LogP contribution in [-0.2, 0) is 17.4 Å². The normalized spacial score (nSPS) is 13.8. The predicted octanol–water partition coefficient (Wildman–Crippen LogP) is 3.64. The maximum Gasteiger partial charge on any atom is 0.524 e. The molecule has 2 rings (SSSR count). The minimum absolute atomic E-state index is 0.112. The SMILES string of the molecule is COc1ccc(CC(C)C(C)Cc2ccc(OP(=O)(O)O)c(O)c2)cc1O. The Morgan fingerprint density at radius 1 is 0.889 bits per heavy atom. The van der Waals surface area contributed by atoms with Gasteiger partial charge in [-0.2, -0.15) is 0 Å². The smallest absolute Gasteiger partial charge is 0.504 e. The van der Waals surface area contributed by atoms with E-state index in [2.05, 4.69) is 18.4 Å². The summed E-state index contributed by atoms with van der Waals surface area (Å²) in [5.74, 6) is 0.554. The van der Waals surface area contributed by atoms with E-state index in [0.717, 1.165) is 17.5 Å². The van der Waals surface area contributed by atoms with Gasteiger partial charge in [0, 0.05) is 0 Å². The first-order valence-electron chi connectivity index (χ1n) is 8.52. The van der Waals surface area contributed by atoms with E-state index in [1.807, 2.05) is 6.07 Å². The van der Waals surface area contributed by atoms with Crippen LogP contribution >= 0.6 is 7.82 Å². The Balaban J connectivity index is 2.01. The molecular formula is C19H25O7P. The van der Waals surface area contributed by atoms with Crippen LogP contribution in [0.2, 0.25) is 0 Å². The third kappa shape index (κ3) is 6.17. The fourth-order valence-electron chi connectivity index (χ4n) is 2.90. The van der Waals surface area contributed by atoms with Crippen molar-refractivity contribution in [1.82, 2.24) is 0 Å². The molecule has 2 aromatic rings. The van der Waals surface area contributed by atoms with Gasteiger partial charge in [-0.1, -0.05) is 26.0 Å². The number of ether oxygens (including phenoxy) is 1. The number of phosphoric acid groups is 1. The van der Waals surface area contributed by atoms with Gasteiger partial charge in [0.25, 0.3) is 0 Å². The lowest BCUT2D eigenvalue weighted by Crippen LogP contribution is -2.13. The van der Waals surface area contributed by atoms with Gasteiger partial charge in [0.05, 0.1) is 7.11 Å². The van der Waals surface area contributed by atoms with E-state index in [4.69, 9.17) is 14.5 Å². The lowest BCUT2D eigenvalue weighted by Gasteiger charge is -2.21. The molecule has 2 aromatic carbocycles. The molecule has 7 nitrogen and oxygen atoms in total. The quantitative estimate of drug-likeness (QED) is 0.504. The number of phosphoric ester groups is 1. The van der Waals surface area contributed by atoms with Crippen LogP contribution in [-0.4, -0.2) is 27.1 Å². The molecule has 0 radical (unpaired) electrons. The van der Waals surface area contributed by atoms with Gasteiger partial charge < -0.3 is 19.5 Å². The van der Waals surface area contributed by atoms with Crippen LogP contribution in [0.5, 0.6) is 23.0 Å². The minimum Gasteiger partial charge on any atom is -0.504 e. The van der Waals surface area contributed by atoms with Crippen molar-refractivity contribution in [3.63, 3.8) is 0 Å². The summed E-state index contributed by atoms with van der Waals surface area (Å²) < 4.78 is 20.4. The van der Waals surface area contributed by atoms with E-state index in [-0.39, 0.29) is 23.2 Å². The molecule has 4 N–H and O–H groups in total. The molecule has 8 heteroatoms. The van der Waals surface area contributed by atoms with Crippen LogP contribution in [0.25, 0.3) is 0 Å². The zero-order chi connectivity index (χ0) is 20.2. The first-order valence-corrected chi connectivity index (χ1v) is 10.0. The first-order chi connectivity index (χ1) is 12.6. The van der Waals surface area contributed by atoms with Gasteiger partial charge in [-0.05, 0) is 60.1 Å². The average molecular weight is 396 g/mol. The standard InChI is InChI=1S/C19H25O7P/c1-12(8-14-4-6-18(25-3)16(20)10-14)13(2)9-15-5-7-19(17(21)11-15)26-27(22,23)24/h4-7,10-13,20-21H,8-9H2,1-3H3,(H2,22,23,24). The van der Waals surface area contributed by atoms with E-state index in [9.17, 15) is 14.8 Å². The second-order valence-corrected chi connectivity index (χ2v) is 7.92. The molecule has 0 saturated heterocycles. The number of methoxy groups -OCH3 is 1. The Bertz CT molecular complexity index is 831. The van der Waals surface area contributed by atoms with Crippen molar-refractivity contribution in [2.75, 3.05) is 7.11 Å². The van der Waals surface area contributed by atoms with Crippen molar-refractivity contribution in [2.24, 2.45) is 11.8 Å². The summed E-state index contributed by atoms with van der Waals surface area (Å²) in [6, 6.07) is 9.83. The van der Waals surface area contributed by atoms with Crippen LogP contribution < -0.4 is 9.26 Å². The number of hydrogen-bond acceptors (Lipinski definition) is 5. The molecule has 0 aromatic heterocycles. The maximum absolute atomic E-state index is 10.9. The highest BCUT2D eigenvalue weighted by Gasteiger charge is 2.20. The monoisotopic (exact) mass is 396 g/mol. The summed E-state index contributed by atoms with van der Waals surface area (Å²) in [7, 11) is -3.21. The second kappa shape index (κ2) is 8.65. The van der Waals surface area contributed by atoms with E-state index < -0.39 is 7.82 Å². The zero-order valence-electron chi connectivity index (χ0n) is 15.5. The van der Waals surface area contributed by atoms with E-state index in [1.54, 1.807) is 18.2 Å². The highest BCUT2D eigenvalue weighted by atomic mass is 31.2. The topological polar surface area (TPSA) is 116 Å². The van der Waals surface area contributed by atoms with Crippen molar-refractivity contribution < 1.29 is 33.8 Å². The van der Waals surface area contributed by atoms with Gasteiger partial charge in [-0.3, -0.25) is 9.79 Å². The lowest BCUT2D eigenvalue weighted by atomic mass is 9.85. The van der Waals surface area contributed by atoms with Crippen molar-refractivity contribution in [3.8, 4) is 23.0 Å². The molecule has 2 atom stereocenters. The van der Waals surface area contributed by atoms with Crippen molar-refractivity contribution in [1.29, 1.82) is 0 Å². The highest BCUT2D eigenvalue weighted by molar-refractivity contribution is 7.46. The molecule has 0 aliphatic heterocycles. The van der Waals surface area contributed by atoms with E-state index >= 15 is 0 Å². The predicted molar refractivity (Wildman–Crippen MR) is 101 cm³/mol. The fraction of sp³-hybridized carbons (Fsp3) is 0.368. The molecule has 0 bridgehead atoms. The summed E-state index contributed by atoms with van der Waals surface area (Å²) in [6.45, 7) is 4.20. The molecule has 2 unspecified atom stereocenters. The fourth-order valence-corrected chi connectivity index (χ4v) is 3.31. The molecule has 0 amide bonds. The zero-order valence-corrected chi connectivity index (χ0v) is 16.4. The summed E-state index contributed by atoms with van der Waals surface area (Å²) in [6.07, 6.45) is 1.44. The van der Waals surface area contributed by atoms with Crippen LogP contribution in [0, 0.1) is 11.8 Å². The summed E-state index contributed by atoms with van der Waals surface area (Å²) in [4.78, 5) is 17.7. The van der Waals surface area contributed by atoms with E-state index in [0.29, 0.717) is 18.1 Å². The van der Waals surface area contributed by atoms with Gasteiger partial charge in [-0.15, -0.1) is 0 Å². The Morgan fingerprint density at radius 3 is 1.70 bits per heavy atom. The molecule has 0 fully saturated rings. The largest absolute Gasteiger partial charge is 0.524 e.